The largest absolute Gasteiger partial charge is 0.493 e. The van der Waals surface area contributed by atoms with Gasteiger partial charge in [0.15, 0.2) is 11.5 Å². The maximum absolute atomic E-state index is 13.4. The number of benzene rings is 3. The van der Waals surface area contributed by atoms with Gasteiger partial charge in [-0.25, -0.2) is 4.79 Å². The molecule has 8 nitrogen and oxygen atoms in total. The van der Waals surface area contributed by atoms with Crippen LogP contribution in [0.5, 0.6) is 11.5 Å². The Labute approximate surface area is 253 Å². The molecule has 1 unspecified atom stereocenters. The standard InChI is InChI=1S/C32H32N2O6S2/c1-5-27(30(36)34-31-28(32(37)40-6-2)24(19-41-31)20-11-8-7-9-12-20)42-23-14-10-13-22(18-23)33-29(35)21-15-16-25(38-3)26(17-21)39-4/h7-19,27H,5-6H2,1-4H3,(H,33,35)(H,34,36). The van der Waals surface area contributed by atoms with Gasteiger partial charge in [0, 0.05) is 27.1 Å². The first-order valence-electron chi connectivity index (χ1n) is 13.3. The van der Waals surface area contributed by atoms with Crippen LogP contribution in [0.1, 0.15) is 41.0 Å². The van der Waals surface area contributed by atoms with Gasteiger partial charge in [0.2, 0.25) is 5.91 Å². The van der Waals surface area contributed by atoms with Gasteiger partial charge in [-0.2, -0.15) is 0 Å². The summed E-state index contributed by atoms with van der Waals surface area (Å²) in [5.74, 6) is -0.0225. The molecule has 4 aromatic rings. The lowest BCUT2D eigenvalue weighted by atomic mass is 10.0. The third kappa shape index (κ3) is 7.32. The fourth-order valence-electron chi connectivity index (χ4n) is 4.19. The highest BCUT2D eigenvalue weighted by Gasteiger charge is 2.25. The molecular formula is C32H32N2O6S2. The van der Waals surface area contributed by atoms with E-state index in [9.17, 15) is 14.4 Å². The van der Waals surface area contributed by atoms with E-state index in [1.165, 1.54) is 37.3 Å². The molecule has 1 heterocycles. The monoisotopic (exact) mass is 604 g/mol. The van der Waals surface area contributed by atoms with Crippen LogP contribution in [0.4, 0.5) is 10.7 Å². The van der Waals surface area contributed by atoms with Crippen molar-refractivity contribution in [2.45, 2.75) is 30.4 Å². The van der Waals surface area contributed by atoms with E-state index in [-0.39, 0.29) is 18.4 Å². The number of thiophene rings is 1. The Hall–Kier alpha value is -4.28. The summed E-state index contributed by atoms with van der Waals surface area (Å²) in [5.41, 5.74) is 2.94. The summed E-state index contributed by atoms with van der Waals surface area (Å²) in [7, 11) is 3.05. The van der Waals surface area contributed by atoms with E-state index in [0.29, 0.717) is 45.3 Å². The number of ether oxygens (including phenoxy) is 3. The SMILES string of the molecule is CCOC(=O)c1c(-c2ccccc2)csc1NC(=O)C(CC)Sc1cccc(NC(=O)c2ccc(OC)c(OC)c2)c1. The van der Waals surface area contributed by atoms with Gasteiger partial charge in [-0.15, -0.1) is 23.1 Å². The average Bonchev–Trinajstić information content (AvgIpc) is 3.43. The van der Waals surface area contributed by atoms with Gasteiger partial charge in [-0.05, 0) is 55.3 Å². The van der Waals surface area contributed by atoms with E-state index in [2.05, 4.69) is 10.6 Å². The van der Waals surface area contributed by atoms with E-state index in [4.69, 9.17) is 14.2 Å². The molecular weight excluding hydrogens is 572 g/mol. The molecule has 0 radical (unpaired) electrons. The normalized spacial score (nSPS) is 11.3. The van der Waals surface area contributed by atoms with Crippen LogP contribution in [0.2, 0.25) is 0 Å². The zero-order valence-electron chi connectivity index (χ0n) is 23.8. The van der Waals surface area contributed by atoms with E-state index >= 15 is 0 Å². The first-order valence-corrected chi connectivity index (χ1v) is 15.1. The fourth-order valence-corrected chi connectivity index (χ4v) is 6.17. The number of esters is 1. The molecule has 0 saturated carbocycles. The van der Waals surface area contributed by atoms with Crippen LogP contribution in [0.25, 0.3) is 11.1 Å². The molecule has 3 aromatic carbocycles. The first-order chi connectivity index (χ1) is 20.4. The number of hydrogen-bond donors (Lipinski definition) is 2. The quantitative estimate of drug-likeness (QED) is 0.129. The van der Waals surface area contributed by atoms with Crippen molar-refractivity contribution in [2.24, 2.45) is 0 Å². The van der Waals surface area contributed by atoms with E-state index < -0.39 is 11.2 Å². The molecule has 0 aliphatic heterocycles. The number of hydrogen-bond acceptors (Lipinski definition) is 8. The molecule has 10 heteroatoms. The highest BCUT2D eigenvalue weighted by molar-refractivity contribution is 8.00. The van der Waals surface area contributed by atoms with Gasteiger partial charge in [-0.3, -0.25) is 9.59 Å². The number of amides is 2. The maximum Gasteiger partial charge on any atom is 0.341 e. The molecule has 42 heavy (non-hydrogen) atoms. The molecule has 4 rings (SSSR count). The van der Waals surface area contributed by atoms with Crippen molar-refractivity contribution in [2.75, 3.05) is 31.5 Å². The van der Waals surface area contributed by atoms with Crippen molar-refractivity contribution in [3.8, 4) is 22.6 Å². The second kappa shape index (κ2) is 14.6. The summed E-state index contributed by atoms with van der Waals surface area (Å²) < 4.78 is 15.9. The van der Waals surface area contributed by atoms with Gasteiger partial charge in [0.05, 0.1) is 26.1 Å². The predicted octanol–water partition coefficient (Wildman–Crippen LogP) is 7.37. The molecule has 0 saturated heterocycles. The van der Waals surface area contributed by atoms with Crippen LogP contribution in [-0.2, 0) is 9.53 Å². The van der Waals surface area contributed by atoms with Gasteiger partial charge in [-0.1, -0.05) is 43.3 Å². The number of rotatable bonds is 12. The molecule has 0 spiro atoms. The Balaban J connectivity index is 1.49. The van der Waals surface area contributed by atoms with Crippen LogP contribution in [-0.4, -0.2) is 43.9 Å². The number of nitrogens with one attached hydrogen (secondary N) is 2. The van der Waals surface area contributed by atoms with Crippen molar-refractivity contribution >= 4 is 51.6 Å². The second-order valence-electron chi connectivity index (χ2n) is 9.00. The molecule has 218 valence electrons. The minimum Gasteiger partial charge on any atom is -0.493 e. The molecule has 0 bridgehead atoms. The Morgan fingerprint density at radius 1 is 0.881 bits per heavy atom. The van der Waals surface area contributed by atoms with Gasteiger partial charge >= 0.3 is 5.97 Å². The van der Waals surface area contributed by atoms with Crippen LogP contribution < -0.4 is 20.1 Å². The topological polar surface area (TPSA) is 103 Å². The van der Waals surface area contributed by atoms with Crippen LogP contribution in [0, 0.1) is 0 Å². The lowest BCUT2D eigenvalue weighted by Gasteiger charge is -2.16. The van der Waals surface area contributed by atoms with Gasteiger partial charge in [0.1, 0.15) is 10.6 Å². The fraction of sp³-hybridized carbons (Fsp3) is 0.219. The van der Waals surface area contributed by atoms with Crippen LogP contribution in [0.3, 0.4) is 0 Å². The first kappa shape index (κ1) is 30.7. The minimum absolute atomic E-state index is 0.225. The van der Waals surface area contributed by atoms with E-state index in [1.807, 2.05) is 60.8 Å². The summed E-state index contributed by atoms with van der Waals surface area (Å²) in [6, 6.07) is 21.8. The zero-order valence-corrected chi connectivity index (χ0v) is 25.4. The number of thioether (sulfide) groups is 1. The number of carbonyl (C=O) groups is 3. The lowest BCUT2D eigenvalue weighted by Crippen LogP contribution is -2.25. The third-order valence-corrected chi connectivity index (χ3v) is 8.52. The maximum atomic E-state index is 13.4. The summed E-state index contributed by atoms with van der Waals surface area (Å²) >= 11 is 2.67. The minimum atomic E-state index is -0.480. The highest BCUT2D eigenvalue weighted by atomic mass is 32.2. The molecule has 2 amide bonds. The van der Waals surface area contributed by atoms with Gasteiger partial charge in [0.25, 0.3) is 5.91 Å². The predicted molar refractivity (Wildman–Crippen MR) is 168 cm³/mol. The zero-order chi connectivity index (χ0) is 30.1. The molecule has 0 fully saturated rings. The third-order valence-electron chi connectivity index (χ3n) is 6.27. The van der Waals surface area contributed by atoms with Crippen molar-refractivity contribution in [3.63, 3.8) is 0 Å². The number of carbonyl (C=O) groups excluding carboxylic acids is 3. The Bertz CT molecular complexity index is 1550. The average molecular weight is 605 g/mol. The smallest absolute Gasteiger partial charge is 0.341 e. The summed E-state index contributed by atoms with van der Waals surface area (Å²) in [4.78, 5) is 40.0. The van der Waals surface area contributed by atoms with Crippen LogP contribution in [0.15, 0.2) is 83.1 Å². The Morgan fingerprint density at radius 3 is 2.33 bits per heavy atom. The Morgan fingerprint density at radius 2 is 1.64 bits per heavy atom. The van der Waals surface area contributed by atoms with Crippen molar-refractivity contribution in [1.82, 2.24) is 0 Å². The lowest BCUT2D eigenvalue weighted by molar-refractivity contribution is -0.115. The van der Waals surface area contributed by atoms with Crippen LogP contribution >= 0.6 is 23.1 Å². The van der Waals surface area contributed by atoms with E-state index in [0.717, 1.165) is 10.5 Å². The molecule has 1 aromatic heterocycles. The highest BCUT2D eigenvalue weighted by Crippen LogP contribution is 2.37. The number of anilines is 2. The van der Waals surface area contributed by atoms with Crippen molar-refractivity contribution < 1.29 is 28.6 Å². The number of methoxy groups -OCH3 is 2. The molecule has 2 N–H and O–H groups in total. The van der Waals surface area contributed by atoms with Crippen molar-refractivity contribution in [1.29, 1.82) is 0 Å². The van der Waals surface area contributed by atoms with Crippen molar-refractivity contribution in [3.05, 3.63) is 89.3 Å². The summed E-state index contributed by atoms with van der Waals surface area (Å²) in [6.07, 6.45) is 0.546. The van der Waals surface area contributed by atoms with Gasteiger partial charge < -0.3 is 24.8 Å². The molecule has 0 aliphatic carbocycles. The second-order valence-corrected chi connectivity index (χ2v) is 11.2. The van der Waals surface area contributed by atoms with E-state index in [1.54, 1.807) is 31.2 Å². The molecule has 0 aliphatic rings. The summed E-state index contributed by atoms with van der Waals surface area (Å²) in [6.45, 7) is 3.90. The Kier molecular flexibility index (Phi) is 10.6. The summed E-state index contributed by atoms with van der Waals surface area (Å²) in [5, 5.41) is 7.73. The molecule has 1 atom stereocenters.